The fourth-order valence-electron chi connectivity index (χ4n) is 2.49. The number of halogens is 1. The molecule has 0 saturated heterocycles. The largest absolute Gasteiger partial charge is 0.453 e. The average Bonchev–Trinajstić information content (AvgIpc) is 2.55. The van der Waals surface area contributed by atoms with E-state index in [1.165, 1.54) is 6.07 Å². The Kier molecular flexibility index (Phi) is 2.94. The van der Waals surface area contributed by atoms with Crippen LogP contribution < -0.4 is 5.43 Å². The summed E-state index contributed by atoms with van der Waals surface area (Å²) in [5.74, 6) is 0.413. The van der Waals surface area contributed by atoms with Gasteiger partial charge >= 0.3 is 0 Å². The summed E-state index contributed by atoms with van der Waals surface area (Å²) >= 11 is 6.13. The molecular formula is C18H10ClNO2. The van der Waals surface area contributed by atoms with Gasteiger partial charge in [-0.2, -0.15) is 0 Å². The van der Waals surface area contributed by atoms with E-state index in [0.29, 0.717) is 27.4 Å². The molecule has 22 heavy (non-hydrogen) atoms. The monoisotopic (exact) mass is 307 g/mol. The Balaban J connectivity index is 1.99. The standard InChI is InChI=1S/C18H10ClNO2/c19-14-7-3-6-13-16(21)9-17(22-18(13)14)15-8-11-4-1-2-5-12(11)10-20-15/h1-10H. The normalized spacial score (nSPS) is 11.1. The first-order valence-electron chi connectivity index (χ1n) is 6.80. The van der Waals surface area contributed by atoms with Crippen LogP contribution in [0.1, 0.15) is 0 Å². The third kappa shape index (κ3) is 2.07. The number of hydrogen-bond donors (Lipinski definition) is 0. The molecule has 2 aromatic heterocycles. The summed E-state index contributed by atoms with van der Waals surface area (Å²) in [5, 5.41) is 2.95. The highest BCUT2D eigenvalue weighted by Crippen LogP contribution is 2.27. The molecule has 0 amide bonds. The number of nitrogens with zero attached hydrogens (tertiary/aromatic N) is 1. The molecule has 2 heterocycles. The van der Waals surface area contributed by atoms with Gasteiger partial charge in [-0.1, -0.05) is 41.9 Å². The maximum Gasteiger partial charge on any atom is 0.193 e. The van der Waals surface area contributed by atoms with Crippen molar-refractivity contribution in [2.45, 2.75) is 0 Å². The second-order valence-corrected chi connectivity index (χ2v) is 5.42. The predicted octanol–water partition coefficient (Wildman–Crippen LogP) is 4.66. The lowest BCUT2D eigenvalue weighted by Crippen LogP contribution is -2.01. The van der Waals surface area contributed by atoms with E-state index < -0.39 is 0 Å². The Morgan fingerprint density at radius 3 is 2.64 bits per heavy atom. The zero-order valence-corrected chi connectivity index (χ0v) is 12.2. The zero-order valence-electron chi connectivity index (χ0n) is 11.4. The number of fused-ring (bicyclic) bond motifs is 2. The quantitative estimate of drug-likeness (QED) is 0.513. The Morgan fingerprint density at radius 2 is 1.77 bits per heavy atom. The highest BCUT2D eigenvalue weighted by molar-refractivity contribution is 6.34. The molecule has 0 atom stereocenters. The number of pyridine rings is 1. The second-order valence-electron chi connectivity index (χ2n) is 5.01. The Morgan fingerprint density at radius 1 is 0.955 bits per heavy atom. The molecule has 4 rings (SSSR count). The van der Waals surface area contributed by atoms with Gasteiger partial charge in [-0.05, 0) is 23.6 Å². The molecule has 2 aromatic carbocycles. The van der Waals surface area contributed by atoms with Gasteiger partial charge < -0.3 is 4.42 Å². The van der Waals surface area contributed by atoms with Crippen molar-refractivity contribution in [3.8, 4) is 11.5 Å². The summed E-state index contributed by atoms with van der Waals surface area (Å²) in [4.78, 5) is 16.6. The lowest BCUT2D eigenvalue weighted by Gasteiger charge is -2.05. The van der Waals surface area contributed by atoms with Crippen LogP contribution in [-0.4, -0.2) is 4.98 Å². The summed E-state index contributed by atoms with van der Waals surface area (Å²) in [6.45, 7) is 0. The third-order valence-electron chi connectivity index (χ3n) is 3.59. The first kappa shape index (κ1) is 13.0. The summed E-state index contributed by atoms with van der Waals surface area (Å²) in [5.41, 5.74) is 0.868. The van der Waals surface area contributed by atoms with E-state index in [1.54, 1.807) is 24.4 Å². The van der Waals surface area contributed by atoms with Gasteiger partial charge in [0.15, 0.2) is 16.8 Å². The maximum atomic E-state index is 12.2. The molecule has 0 unspecified atom stereocenters. The Bertz CT molecular complexity index is 1070. The van der Waals surface area contributed by atoms with Gasteiger partial charge in [0.25, 0.3) is 0 Å². The molecule has 0 N–H and O–H groups in total. The Hall–Kier alpha value is -2.65. The van der Waals surface area contributed by atoms with Gasteiger partial charge in [-0.3, -0.25) is 9.78 Å². The fourth-order valence-corrected chi connectivity index (χ4v) is 2.70. The van der Waals surface area contributed by atoms with E-state index in [9.17, 15) is 4.79 Å². The van der Waals surface area contributed by atoms with E-state index in [-0.39, 0.29) is 5.43 Å². The SMILES string of the molecule is O=c1cc(-c2cc3ccccc3cn2)oc2c(Cl)cccc12. The van der Waals surface area contributed by atoms with E-state index in [0.717, 1.165) is 10.8 Å². The van der Waals surface area contributed by atoms with Crippen molar-refractivity contribution in [1.29, 1.82) is 0 Å². The van der Waals surface area contributed by atoms with Crippen LogP contribution >= 0.6 is 11.6 Å². The summed E-state index contributed by atoms with van der Waals surface area (Å²) in [6, 6.07) is 16.4. The van der Waals surface area contributed by atoms with E-state index >= 15 is 0 Å². The molecule has 0 aliphatic heterocycles. The first-order chi connectivity index (χ1) is 10.7. The molecule has 3 nitrogen and oxygen atoms in total. The van der Waals surface area contributed by atoms with E-state index in [4.69, 9.17) is 16.0 Å². The summed E-state index contributed by atoms with van der Waals surface area (Å²) in [7, 11) is 0. The van der Waals surface area contributed by atoms with Gasteiger partial charge in [-0.15, -0.1) is 0 Å². The molecule has 0 aliphatic carbocycles. The highest BCUT2D eigenvalue weighted by atomic mass is 35.5. The van der Waals surface area contributed by atoms with E-state index in [2.05, 4.69) is 4.98 Å². The van der Waals surface area contributed by atoms with Crippen molar-refractivity contribution in [1.82, 2.24) is 4.98 Å². The topological polar surface area (TPSA) is 43.1 Å². The van der Waals surface area contributed by atoms with Crippen LogP contribution in [0.25, 0.3) is 33.2 Å². The molecule has 0 aliphatic rings. The Labute approximate surface area is 130 Å². The third-order valence-corrected chi connectivity index (χ3v) is 3.89. The zero-order chi connectivity index (χ0) is 15.1. The first-order valence-corrected chi connectivity index (χ1v) is 7.18. The minimum atomic E-state index is -0.131. The molecule has 0 bridgehead atoms. The van der Waals surface area contributed by atoms with Crippen molar-refractivity contribution in [3.63, 3.8) is 0 Å². The highest BCUT2D eigenvalue weighted by Gasteiger charge is 2.10. The molecule has 0 fully saturated rings. The van der Waals surface area contributed by atoms with Crippen molar-refractivity contribution >= 4 is 33.3 Å². The van der Waals surface area contributed by atoms with Gasteiger partial charge in [0.1, 0.15) is 5.69 Å². The number of rotatable bonds is 1. The van der Waals surface area contributed by atoms with Gasteiger partial charge in [0, 0.05) is 17.6 Å². The van der Waals surface area contributed by atoms with Crippen molar-refractivity contribution in [2.24, 2.45) is 0 Å². The molecule has 4 heteroatoms. The number of hydrogen-bond acceptors (Lipinski definition) is 3. The van der Waals surface area contributed by atoms with Gasteiger partial charge in [0.05, 0.1) is 10.4 Å². The smallest absolute Gasteiger partial charge is 0.193 e. The van der Waals surface area contributed by atoms with Crippen molar-refractivity contribution in [2.75, 3.05) is 0 Å². The van der Waals surface area contributed by atoms with E-state index in [1.807, 2.05) is 30.3 Å². The summed E-state index contributed by atoms with van der Waals surface area (Å²) < 4.78 is 5.81. The predicted molar refractivity (Wildman–Crippen MR) is 88.2 cm³/mol. The maximum absolute atomic E-state index is 12.2. The fraction of sp³-hybridized carbons (Fsp3) is 0. The number of benzene rings is 2. The number of para-hydroxylation sites is 1. The average molecular weight is 308 g/mol. The summed E-state index contributed by atoms with van der Waals surface area (Å²) in [6.07, 6.45) is 1.77. The van der Waals surface area contributed by atoms with Crippen LogP contribution in [0.5, 0.6) is 0 Å². The molecule has 106 valence electrons. The van der Waals surface area contributed by atoms with Crippen LogP contribution in [0.2, 0.25) is 5.02 Å². The van der Waals surface area contributed by atoms with Crippen LogP contribution in [0, 0.1) is 0 Å². The lowest BCUT2D eigenvalue weighted by atomic mass is 10.1. The molecular weight excluding hydrogens is 298 g/mol. The molecule has 4 aromatic rings. The van der Waals surface area contributed by atoms with Gasteiger partial charge in [0.2, 0.25) is 0 Å². The van der Waals surface area contributed by atoms with Crippen LogP contribution in [0.3, 0.4) is 0 Å². The van der Waals surface area contributed by atoms with Crippen LogP contribution in [-0.2, 0) is 0 Å². The minimum absolute atomic E-state index is 0.131. The molecule has 0 radical (unpaired) electrons. The number of aromatic nitrogens is 1. The minimum Gasteiger partial charge on any atom is -0.453 e. The van der Waals surface area contributed by atoms with Gasteiger partial charge in [-0.25, -0.2) is 0 Å². The van der Waals surface area contributed by atoms with Crippen LogP contribution in [0.4, 0.5) is 0 Å². The van der Waals surface area contributed by atoms with Crippen molar-refractivity contribution < 1.29 is 4.42 Å². The lowest BCUT2D eigenvalue weighted by molar-refractivity contribution is 0.616. The van der Waals surface area contributed by atoms with Crippen molar-refractivity contribution in [3.05, 3.63) is 76.0 Å². The van der Waals surface area contributed by atoms with Crippen LogP contribution in [0.15, 0.2) is 70.0 Å². The second kappa shape index (κ2) is 4.97. The molecule has 0 saturated carbocycles. The molecule has 0 spiro atoms.